The molecular formula is C19H20N2O6S. The molecule has 2 aliphatic rings. The second-order valence-corrected chi connectivity index (χ2v) is 7.34. The fourth-order valence-electron chi connectivity index (χ4n) is 2.62. The normalized spacial score (nSPS) is 20.9. The summed E-state index contributed by atoms with van der Waals surface area (Å²) in [5, 5.41) is 0.481. The van der Waals surface area contributed by atoms with Crippen LogP contribution in [0.1, 0.15) is 0 Å². The predicted octanol–water partition coefficient (Wildman–Crippen LogP) is 1.56. The third kappa shape index (κ3) is 4.37. The van der Waals surface area contributed by atoms with Crippen molar-refractivity contribution in [3.05, 3.63) is 41.1 Å². The Morgan fingerprint density at radius 3 is 2.64 bits per heavy atom. The molecule has 3 rings (SSSR count). The third-order valence-electron chi connectivity index (χ3n) is 4.03. The number of hydrogen-bond acceptors (Lipinski definition) is 9. The average Bonchev–Trinajstić information content (AvgIpc) is 3.05. The molecule has 148 valence electrons. The smallest absolute Gasteiger partial charge is 0.336 e. The van der Waals surface area contributed by atoms with Crippen molar-refractivity contribution in [1.82, 2.24) is 4.90 Å². The van der Waals surface area contributed by atoms with Crippen molar-refractivity contribution >= 4 is 35.2 Å². The fourth-order valence-corrected chi connectivity index (χ4v) is 3.79. The number of ketones is 1. The van der Waals surface area contributed by atoms with Gasteiger partial charge in [0.25, 0.3) is 0 Å². The molecule has 28 heavy (non-hydrogen) atoms. The molecule has 0 spiro atoms. The minimum Gasteiger partial charge on any atom is -0.497 e. The lowest BCUT2D eigenvalue weighted by molar-refractivity contribution is -0.143. The van der Waals surface area contributed by atoms with Gasteiger partial charge in [-0.2, -0.15) is 0 Å². The summed E-state index contributed by atoms with van der Waals surface area (Å²) in [5.74, 6) is -1.62. The van der Waals surface area contributed by atoms with Gasteiger partial charge in [-0.3, -0.25) is 4.79 Å². The number of methoxy groups -OCH3 is 1. The molecule has 0 radical (unpaired) electrons. The van der Waals surface area contributed by atoms with Gasteiger partial charge in [0.2, 0.25) is 11.5 Å². The lowest BCUT2D eigenvalue weighted by atomic mass is 10.2. The molecule has 0 unspecified atom stereocenters. The first kappa shape index (κ1) is 20.0. The highest BCUT2D eigenvalue weighted by molar-refractivity contribution is 8.03. The largest absolute Gasteiger partial charge is 0.497 e. The van der Waals surface area contributed by atoms with Crippen molar-refractivity contribution in [3.8, 4) is 5.75 Å². The maximum Gasteiger partial charge on any atom is 0.336 e. The van der Waals surface area contributed by atoms with Crippen LogP contribution in [0.25, 0.3) is 0 Å². The van der Waals surface area contributed by atoms with Gasteiger partial charge in [0.1, 0.15) is 10.8 Å². The van der Waals surface area contributed by atoms with Gasteiger partial charge in [0, 0.05) is 36.2 Å². The summed E-state index contributed by atoms with van der Waals surface area (Å²) in [6.07, 6.45) is 1.88. The van der Waals surface area contributed by atoms with E-state index in [0.717, 1.165) is 22.7 Å². The topological polar surface area (TPSA) is 85.4 Å². The third-order valence-corrected chi connectivity index (χ3v) is 5.19. The number of esters is 2. The first-order chi connectivity index (χ1) is 13.4. The number of anilines is 1. The van der Waals surface area contributed by atoms with E-state index in [-0.39, 0.29) is 5.76 Å². The Bertz CT molecular complexity index is 877. The summed E-state index contributed by atoms with van der Waals surface area (Å²) >= 11 is 1.32. The number of thioether (sulfide) groups is 1. The van der Waals surface area contributed by atoms with Crippen LogP contribution < -0.4 is 9.64 Å². The van der Waals surface area contributed by atoms with Gasteiger partial charge in [-0.25, -0.2) is 9.59 Å². The molecule has 9 heteroatoms. The molecule has 0 bridgehead atoms. The summed E-state index contributed by atoms with van der Waals surface area (Å²) in [5.41, 5.74) is 0.852. The molecule has 0 aliphatic carbocycles. The number of nitrogens with zero attached hydrogens (tertiary/aromatic N) is 2. The van der Waals surface area contributed by atoms with Crippen LogP contribution in [-0.4, -0.2) is 63.5 Å². The maximum atomic E-state index is 12.6. The number of ether oxygens (including phenoxy) is 3. The van der Waals surface area contributed by atoms with Gasteiger partial charge < -0.3 is 24.0 Å². The molecule has 0 saturated carbocycles. The monoisotopic (exact) mass is 404 g/mol. The van der Waals surface area contributed by atoms with Gasteiger partial charge >= 0.3 is 11.9 Å². The second kappa shape index (κ2) is 8.49. The quantitative estimate of drug-likeness (QED) is 0.548. The lowest BCUT2D eigenvalue weighted by Gasteiger charge is -2.24. The highest BCUT2D eigenvalue weighted by Gasteiger charge is 2.33. The number of cyclic esters (lactones) is 2. The Labute approximate surface area is 166 Å². The van der Waals surface area contributed by atoms with E-state index in [1.807, 2.05) is 42.1 Å². The van der Waals surface area contributed by atoms with E-state index in [0.29, 0.717) is 23.9 Å². The van der Waals surface area contributed by atoms with Crippen molar-refractivity contribution in [1.29, 1.82) is 0 Å². The molecule has 0 N–H and O–H groups in total. The van der Waals surface area contributed by atoms with Crippen LogP contribution >= 0.6 is 11.8 Å². The highest BCUT2D eigenvalue weighted by Crippen LogP contribution is 2.48. The fraction of sp³-hybridized carbons (Fsp3) is 0.316. The Balaban J connectivity index is 2.05. The molecule has 0 saturated heterocycles. The van der Waals surface area contributed by atoms with Crippen LogP contribution in [0.2, 0.25) is 0 Å². The molecule has 8 nitrogen and oxygen atoms in total. The van der Waals surface area contributed by atoms with E-state index in [2.05, 4.69) is 0 Å². The Kier molecular flexibility index (Phi) is 6.05. The minimum absolute atomic E-state index is 0.136. The van der Waals surface area contributed by atoms with Gasteiger partial charge in [-0.1, -0.05) is 11.8 Å². The van der Waals surface area contributed by atoms with Gasteiger partial charge in [0.15, 0.2) is 6.61 Å². The van der Waals surface area contributed by atoms with Gasteiger partial charge in [-0.05, 0) is 26.2 Å². The lowest BCUT2D eigenvalue weighted by Crippen LogP contribution is -2.31. The average molecular weight is 404 g/mol. The number of fused-ring (bicyclic) bond motifs is 1. The van der Waals surface area contributed by atoms with Crippen molar-refractivity contribution in [2.45, 2.75) is 4.90 Å². The Morgan fingerprint density at radius 2 is 1.93 bits per heavy atom. The number of likely N-dealkylation sites (N-methyl/N-ethyl adjacent to an activating group) is 1. The molecule has 0 fully saturated rings. The van der Waals surface area contributed by atoms with E-state index < -0.39 is 24.3 Å². The zero-order valence-electron chi connectivity index (χ0n) is 15.8. The molecule has 0 aromatic heterocycles. The molecule has 2 heterocycles. The SMILES string of the molecule is COc1ccc2c(c1)N(CCN(C)C)/C(=C1/OC(=O)/C=C/C(=O)OCC1=O)S2. The van der Waals surface area contributed by atoms with Crippen molar-refractivity contribution < 1.29 is 28.6 Å². The number of benzene rings is 1. The highest BCUT2D eigenvalue weighted by atomic mass is 32.2. The molecule has 0 atom stereocenters. The van der Waals surface area contributed by atoms with Crippen LogP contribution in [0, 0.1) is 0 Å². The molecule has 0 amide bonds. The van der Waals surface area contributed by atoms with Gasteiger partial charge in [-0.15, -0.1) is 0 Å². The molecule has 1 aromatic rings. The number of hydrogen-bond donors (Lipinski definition) is 0. The zero-order chi connectivity index (χ0) is 20.3. The molecular weight excluding hydrogens is 384 g/mol. The van der Waals surface area contributed by atoms with E-state index in [4.69, 9.17) is 14.2 Å². The van der Waals surface area contributed by atoms with E-state index >= 15 is 0 Å². The van der Waals surface area contributed by atoms with Gasteiger partial charge in [0.05, 0.1) is 12.8 Å². The Morgan fingerprint density at radius 1 is 1.18 bits per heavy atom. The second-order valence-electron chi connectivity index (χ2n) is 6.31. The number of rotatable bonds is 4. The number of Topliss-reactive ketones (excluding diaryl/α,β-unsaturated/α-hetero) is 1. The van der Waals surface area contributed by atoms with Crippen molar-refractivity contribution in [2.75, 3.05) is 45.8 Å². The van der Waals surface area contributed by atoms with E-state index in [9.17, 15) is 14.4 Å². The minimum atomic E-state index is -0.809. The first-order valence-corrected chi connectivity index (χ1v) is 9.33. The maximum absolute atomic E-state index is 12.6. The standard InChI is InChI=1S/C19H20N2O6S/c1-20(2)8-9-21-13-10-12(25-3)4-5-15(13)28-19(21)18-14(22)11-26-16(23)6-7-17(24)27-18/h4-7,10H,8-9,11H2,1-3H3/b7-6+,19-18-. The Hall–Kier alpha value is -2.78. The zero-order valence-corrected chi connectivity index (χ0v) is 16.6. The predicted molar refractivity (Wildman–Crippen MR) is 103 cm³/mol. The van der Waals surface area contributed by atoms with E-state index in [1.54, 1.807) is 7.11 Å². The number of carbonyl (C=O) groups excluding carboxylic acids is 3. The van der Waals surface area contributed by atoms with E-state index in [1.165, 1.54) is 11.8 Å². The van der Waals surface area contributed by atoms with Crippen LogP contribution in [0.4, 0.5) is 5.69 Å². The summed E-state index contributed by atoms with van der Waals surface area (Å²) in [7, 11) is 5.47. The van der Waals surface area contributed by atoms with Crippen LogP contribution in [0.3, 0.4) is 0 Å². The summed E-state index contributed by atoms with van der Waals surface area (Å²) in [6, 6.07) is 5.58. The first-order valence-electron chi connectivity index (χ1n) is 8.51. The molecule has 1 aromatic carbocycles. The van der Waals surface area contributed by atoms with Crippen molar-refractivity contribution in [2.24, 2.45) is 0 Å². The summed E-state index contributed by atoms with van der Waals surface area (Å²) < 4.78 is 15.5. The van der Waals surface area contributed by atoms with Crippen molar-refractivity contribution in [3.63, 3.8) is 0 Å². The van der Waals surface area contributed by atoms with Crippen LogP contribution in [-0.2, 0) is 23.9 Å². The molecule has 2 aliphatic heterocycles. The summed E-state index contributed by atoms with van der Waals surface area (Å²) in [6.45, 7) is 0.751. The van der Waals surface area contributed by atoms with Crippen LogP contribution in [0.5, 0.6) is 5.75 Å². The van der Waals surface area contributed by atoms with Crippen LogP contribution in [0.15, 0.2) is 46.0 Å². The number of carbonyl (C=O) groups is 3. The summed E-state index contributed by atoms with van der Waals surface area (Å²) in [4.78, 5) is 41.0.